The monoisotopic (exact) mass is 241 g/mol. The van der Waals surface area contributed by atoms with Crippen LogP contribution in [0.1, 0.15) is 26.7 Å². The van der Waals surface area contributed by atoms with Gasteiger partial charge in [-0.05, 0) is 25.8 Å². The lowest BCUT2D eigenvalue weighted by Gasteiger charge is -2.31. The van der Waals surface area contributed by atoms with Crippen molar-refractivity contribution >= 4 is 11.8 Å². The molecule has 0 aromatic heterocycles. The van der Waals surface area contributed by atoms with Crippen LogP contribution in [0.5, 0.6) is 0 Å². The van der Waals surface area contributed by atoms with Gasteiger partial charge in [-0.2, -0.15) is 0 Å². The Bertz CT molecular complexity index is 279. The molecule has 0 radical (unpaired) electrons. The van der Waals surface area contributed by atoms with Gasteiger partial charge >= 0.3 is 0 Å². The van der Waals surface area contributed by atoms with E-state index < -0.39 is 0 Å². The minimum Gasteiger partial charge on any atom is -0.354 e. The molecule has 0 aromatic carbocycles. The maximum absolute atomic E-state index is 11.9. The summed E-state index contributed by atoms with van der Waals surface area (Å²) in [6.45, 7) is 5.62. The van der Waals surface area contributed by atoms with E-state index in [0.717, 1.165) is 12.8 Å². The fraction of sp³-hybridized carbons (Fsp3) is 0.833. The first kappa shape index (κ1) is 14.0. The average molecular weight is 241 g/mol. The van der Waals surface area contributed by atoms with E-state index >= 15 is 0 Å². The largest absolute Gasteiger partial charge is 0.354 e. The van der Waals surface area contributed by atoms with E-state index in [1.807, 2.05) is 13.8 Å². The molecule has 5 nitrogen and oxygen atoms in total. The Balaban J connectivity index is 2.39. The zero-order valence-electron chi connectivity index (χ0n) is 11.0. The molecule has 1 fully saturated rings. The lowest BCUT2D eigenvalue weighted by molar-refractivity contribution is -0.139. The van der Waals surface area contributed by atoms with Crippen LogP contribution in [0, 0.1) is 5.92 Å². The summed E-state index contributed by atoms with van der Waals surface area (Å²) < 4.78 is 0. The van der Waals surface area contributed by atoms with Gasteiger partial charge in [0.15, 0.2) is 0 Å². The molecule has 1 saturated heterocycles. The molecule has 0 aliphatic carbocycles. The van der Waals surface area contributed by atoms with Crippen LogP contribution in [0.25, 0.3) is 0 Å². The Morgan fingerprint density at radius 2 is 2.24 bits per heavy atom. The van der Waals surface area contributed by atoms with Gasteiger partial charge in [-0.25, -0.2) is 0 Å². The first-order chi connectivity index (χ1) is 8.04. The van der Waals surface area contributed by atoms with Gasteiger partial charge in [0, 0.05) is 13.1 Å². The standard InChI is InChI=1S/C12H23N3O2/c1-9(2)7-14-11(16)8-15-6-4-5-10(13-3)12(15)17/h9-10,13H,4-8H2,1-3H3,(H,14,16). The highest BCUT2D eigenvalue weighted by molar-refractivity contribution is 5.88. The lowest BCUT2D eigenvalue weighted by Crippen LogP contribution is -2.52. The van der Waals surface area contributed by atoms with E-state index in [4.69, 9.17) is 0 Å². The van der Waals surface area contributed by atoms with Gasteiger partial charge in [0.1, 0.15) is 0 Å². The third-order valence-corrected chi connectivity index (χ3v) is 2.92. The van der Waals surface area contributed by atoms with Gasteiger partial charge in [-0.15, -0.1) is 0 Å². The van der Waals surface area contributed by atoms with Crippen molar-refractivity contribution in [1.29, 1.82) is 0 Å². The van der Waals surface area contributed by atoms with Gasteiger partial charge < -0.3 is 15.5 Å². The number of nitrogens with one attached hydrogen (secondary N) is 2. The maximum Gasteiger partial charge on any atom is 0.240 e. The summed E-state index contributed by atoms with van der Waals surface area (Å²) in [7, 11) is 1.78. The van der Waals surface area contributed by atoms with Gasteiger partial charge in [0.05, 0.1) is 12.6 Å². The zero-order chi connectivity index (χ0) is 12.8. The second kappa shape index (κ2) is 6.59. The Kier molecular flexibility index (Phi) is 5.41. The molecule has 2 amide bonds. The van der Waals surface area contributed by atoms with Gasteiger partial charge in [0.25, 0.3) is 0 Å². The summed E-state index contributed by atoms with van der Waals surface area (Å²) in [5.41, 5.74) is 0. The molecular weight excluding hydrogens is 218 g/mol. The van der Waals surface area contributed by atoms with Gasteiger partial charge in [0.2, 0.25) is 11.8 Å². The molecule has 2 N–H and O–H groups in total. The van der Waals surface area contributed by atoms with Gasteiger partial charge in [-0.1, -0.05) is 13.8 Å². The van der Waals surface area contributed by atoms with Crippen LogP contribution in [-0.2, 0) is 9.59 Å². The molecule has 0 spiro atoms. The molecule has 1 rings (SSSR count). The number of carbonyl (C=O) groups is 2. The number of hydrogen-bond acceptors (Lipinski definition) is 3. The van der Waals surface area contributed by atoms with E-state index in [1.54, 1.807) is 11.9 Å². The summed E-state index contributed by atoms with van der Waals surface area (Å²) >= 11 is 0. The predicted molar refractivity (Wildman–Crippen MR) is 66.5 cm³/mol. The quantitative estimate of drug-likeness (QED) is 0.710. The minimum absolute atomic E-state index is 0.0402. The van der Waals surface area contributed by atoms with Crippen LogP contribution in [0.2, 0.25) is 0 Å². The van der Waals surface area contributed by atoms with Crippen LogP contribution >= 0.6 is 0 Å². The number of rotatable bonds is 5. The molecule has 98 valence electrons. The van der Waals surface area contributed by atoms with Crippen molar-refractivity contribution in [3.63, 3.8) is 0 Å². The van der Waals surface area contributed by atoms with Crippen molar-refractivity contribution in [1.82, 2.24) is 15.5 Å². The second-order valence-corrected chi connectivity index (χ2v) is 4.94. The molecule has 17 heavy (non-hydrogen) atoms. The first-order valence-electron chi connectivity index (χ1n) is 6.27. The Labute approximate surface area is 103 Å². The summed E-state index contributed by atoms with van der Waals surface area (Å²) in [5.74, 6) is 0.406. The van der Waals surface area contributed by atoms with Crippen molar-refractivity contribution in [3.8, 4) is 0 Å². The number of hydrogen-bond donors (Lipinski definition) is 2. The van der Waals surface area contributed by atoms with E-state index in [-0.39, 0.29) is 24.4 Å². The van der Waals surface area contributed by atoms with E-state index in [9.17, 15) is 9.59 Å². The van der Waals surface area contributed by atoms with Gasteiger partial charge in [-0.3, -0.25) is 9.59 Å². The molecular formula is C12H23N3O2. The number of amides is 2. The van der Waals surface area contributed by atoms with Crippen LogP contribution in [0.3, 0.4) is 0 Å². The number of nitrogens with zero attached hydrogens (tertiary/aromatic N) is 1. The van der Waals surface area contributed by atoms with Crippen molar-refractivity contribution < 1.29 is 9.59 Å². The van der Waals surface area contributed by atoms with Crippen LogP contribution in [0.15, 0.2) is 0 Å². The highest BCUT2D eigenvalue weighted by Gasteiger charge is 2.28. The summed E-state index contributed by atoms with van der Waals surface area (Å²) in [6, 6.07) is -0.123. The number of piperidine rings is 1. The van der Waals surface area contributed by atoms with Crippen molar-refractivity contribution in [3.05, 3.63) is 0 Å². The highest BCUT2D eigenvalue weighted by atomic mass is 16.2. The molecule has 5 heteroatoms. The van der Waals surface area contributed by atoms with Crippen molar-refractivity contribution in [2.24, 2.45) is 5.92 Å². The number of carbonyl (C=O) groups excluding carboxylic acids is 2. The number of likely N-dealkylation sites (tertiary alicyclic amines) is 1. The molecule has 1 heterocycles. The Morgan fingerprint density at radius 1 is 1.53 bits per heavy atom. The van der Waals surface area contributed by atoms with Crippen LogP contribution < -0.4 is 10.6 Å². The Hall–Kier alpha value is -1.10. The molecule has 1 atom stereocenters. The fourth-order valence-corrected chi connectivity index (χ4v) is 1.91. The zero-order valence-corrected chi connectivity index (χ0v) is 11.0. The highest BCUT2D eigenvalue weighted by Crippen LogP contribution is 2.10. The summed E-state index contributed by atoms with van der Waals surface area (Å²) in [6.07, 6.45) is 1.81. The first-order valence-corrected chi connectivity index (χ1v) is 6.27. The minimum atomic E-state index is -0.123. The van der Waals surface area contributed by atoms with E-state index in [1.165, 1.54) is 0 Å². The maximum atomic E-state index is 11.9. The van der Waals surface area contributed by atoms with E-state index in [2.05, 4.69) is 10.6 Å². The SMILES string of the molecule is CNC1CCCN(CC(=O)NCC(C)C)C1=O. The summed E-state index contributed by atoms with van der Waals surface area (Å²) in [5, 5.41) is 5.81. The number of likely N-dealkylation sites (N-methyl/N-ethyl adjacent to an activating group) is 1. The third kappa shape index (κ3) is 4.34. The normalized spacial score (nSPS) is 20.8. The van der Waals surface area contributed by atoms with E-state index in [0.29, 0.717) is 19.0 Å². The van der Waals surface area contributed by atoms with Crippen LogP contribution in [-0.4, -0.2) is 49.4 Å². The Morgan fingerprint density at radius 3 is 2.82 bits per heavy atom. The third-order valence-electron chi connectivity index (χ3n) is 2.92. The molecule has 1 aliphatic heterocycles. The predicted octanol–water partition coefficient (Wildman–Crippen LogP) is -0.0310. The molecule has 0 aromatic rings. The smallest absolute Gasteiger partial charge is 0.240 e. The average Bonchev–Trinajstić information content (AvgIpc) is 2.29. The lowest BCUT2D eigenvalue weighted by atomic mass is 10.1. The fourth-order valence-electron chi connectivity index (χ4n) is 1.91. The second-order valence-electron chi connectivity index (χ2n) is 4.94. The molecule has 0 bridgehead atoms. The van der Waals surface area contributed by atoms with Crippen molar-refractivity contribution in [2.45, 2.75) is 32.7 Å². The molecule has 0 saturated carbocycles. The van der Waals surface area contributed by atoms with Crippen LogP contribution in [0.4, 0.5) is 0 Å². The molecule has 1 aliphatic rings. The molecule has 1 unspecified atom stereocenters. The summed E-state index contributed by atoms with van der Waals surface area (Å²) in [4.78, 5) is 25.2. The van der Waals surface area contributed by atoms with Crippen molar-refractivity contribution in [2.75, 3.05) is 26.7 Å². The topological polar surface area (TPSA) is 61.4 Å².